The number of fused-ring (bicyclic) bond motifs is 4. The quantitative estimate of drug-likeness (QED) is 0.227. The van der Waals surface area contributed by atoms with Crippen molar-refractivity contribution in [2.75, 3.05) is 0 Å². The molecular formula is C36H25O2PSi. The summed E-state index contributed by atoms with van der Waals surface area (Å²) in [5.74, 6) is 3.74. The van der Waals surface area contributed by atoms with Gasteiger partial charge in [-0.3, -0.25) is 0 Å². The lowest BCUT2D eigenvalue weighted by Crippen LogP contribution is -2.77. The molecule has 0 radical (unpaired) electrons. The molecule has 6 aromatic carbocycles. The standard InChI is InChI=1S/C36H25O2PSi/c1-4-14-26(15-5-1)39(27-16-6-2-7-17-27)32-25-24-31-36-35(32)38-30-21-11-13-23-34(30)40(36,28-18-8-3-9-19-28)33-22-12-10-20-29(33)37-31/h1-25H. The first kappa shape index (κ1) is 23.5. The molecule has 2 aliphatic rings. The molecule has 0 N–H and O–H groups in total. The van der Waals surface area contributed by atoms with E-state index >= 15 is 0 Å². The van der Waals surface area contributed by atoms with Crippen molar-refractivity contribution < 1.29 is 9.47 Å². The maximum atomic E-state index is 7.01. The number of para-hydroxylation sites is 2. The van der Waals surface area contributed by atoms with Crippen LogP contribution in [0.5, 0.6) is 23.0 Å². The summed E-state index contributed by atoms with van der Waals surface area (Å²) in [4.78, 5) is 0. The van der Waals surface area contributed by atoms with Crippen LogP contribution in [0.25, 0.3) is 0 Å². The smallest absolute Gasteiger partial charge is 0.197 e. The van der Waals surface area contributed by atoms with Crippen molar-refractivity contribution in [3.63, 3.8) is 0 Å². The second-order valence-electron chi connectivity index (χ2n) is 10.1. The maximum Gasteiger partial charge on any atom is 0.197 e. The molecule has 4 heteroatoms. The van der Waals surface area contributed by atoms with Gasteiger partial charge < -0.3 is 9.47 Å². The van der Waals surface area contributed by atoms with Gasteiger partial charge in [-0.15, -0.1) is 0 Å². The zero-order valence-electron chi connectivity index (χ0n) is 21.7. The van der Waals surface area contributed by atoms with Crippen molar-refractivity contribution >= 4 is 52.7 Å². The highest BCUT2D eigenvalue weighted by Crippen LogP contribution is 2.43. The minimum Gasteiger partial charge on any atom is -0.457 e. The van der Waals surface area contributed by atoms with E-state index in [1.807, 2.05) is 0 Å². The fourth-order valence-electron chi connectivity index (χ4n) is 6.37. The number of hydrogen-bond donors (Lipinski definition) is 0. The van der Waals surface area contributed by atoms with Crippen LogP contribution in [-0.4, -0.2) is 8.07 Å². The first-order valence-electron chi connectivity index (χ1n) is 13.5. The molecule has 0 bridgehead atoms. The molecule has 1 unspecified atom stereocenters. The van der Waals surface area contributed by atoms with Gasteiger partial charge in [0.2, 0.25) is 0 Å². The Kier molecular flexibility index (Phi) is 5.48. The van der Waals surface area contributed by atoms with Crippen molar-refractivity contribution in [3.8, 4) is 23.0 Å². The van der Waals surface area contributed by atoms with Gasteiger partial charge in [0.25, 0.3) is 0 Å². The summed E-state index contributed by atoms with van der Waals surface area (Å²) in [5, 5.41) is 8.91. The Morgan fingerprint density at radius 1 is 0.425 bits per heavy atom. The molecular weight excluding hydrogens is 523 g/mol. The predicted octanol–water partition coefficient (Wildman–Crippen LogP) is 5.03. The van der Waals surface area contributed by atoms with Crippen molar-refractivity contribution in [2.45, 2.75) is 0 Å². The highest BCUT2D eigenvalue weighted by Gasteiger charge is 2.54. The lowest BCUT2D eigenvalue weighted by atomic mass is 10.2. The van der Waals surface area contributed by atoms with Crippen LogP contribution in [0.1, 0.15) is 0 Å². The fraction of sp³-hybridized carbons (Fsp3) is 0. The molecule has 190 valence electrons. The summed E-state index contributed by atoms with van der Waals surface area (Å²) in [5.41, 5.74) is 0. The van der Waals surface area contributed by atoms with Crippen molar-refractivity contribution in [1.82, 2.24) is 0 Å². The molecule has 8 rings (SSSR count). The fourth-order valence-corrected chi connectivity index (χ4v) is 14.0. The molecule has 0 amide bonds. The maximum absolute atomic E-state index is 7.01. The van der Waals surface area contributed by atoms with Gasteiger partial charge in [-0.05, 0) is 58.4 Å². The summed E-state index contributed by atoms with van der Waals surface area (Å²) in [6.07, 6.45) is 0. The second kappa shape index (κ2) is 9.34. The first-order chi connectivity index (χ1) is 19.9. The predicted molar refractivity (Wildman–Crippen MR) is 169 cm³/mol. The topological polar surface area (TPSA) is 18.5 Å². The highest BCUT2D eigenvalue weighted by molar-refractivity contribution is 7.80. The molecule has 2 heterocycles. The van der Waals surface area contributed by atoms with Gasteiger partial charge in [-0.25, -0.2) is 0 Å². The van der Waals surface area contributed by atoms with E-state index in [0.29, 0.717) is 0 Å². The van der Waals surface area contributed by atoms with Crippen molar-refractivity contribution in [1.29, 1.82) is 0 Å². The third-order valence-corrected chi connectivity index (χ3v) is 15.3. The van der Waals surface area contributed by atoms with E-state index in [1.54, 1.807) is 0 Å². The first-order valence-corrected chi connectivity index (χ1v) is 16.9. The van der Waals surface area contributed by atoms with Crippen LogP contribution in [0.4, 0.5) is 0 Å². The number of ether oxygens (including phenoxy) is 2. The molecule has 40 heavy (non-hydrogen) atoms. The molecule has 6 aromatic rings. The molecule has 0 aromatic heterocycles. The minimum atomic E-state index is -2.77. The van der Waals surface area contributed by atoms with E-state index in [2.05, 4.69) is 152 Å². The molecule has 0 aliphatic carbocycles. The lowest BCUT2D eigenvalue weighted by Gasteiger charge is -2.44. The normalized spacial score (nSPS) is 16.2. The Hall–Kier alpha value is -4.43. The Labute approximate surface area is 236 Å². The number of benzene rings is 6. The largest absolute Gasteiger partial charge is 0.457 e. The molecule has 0 spiro atoms. The molecule has 0 saturated carbocycles. The van der Waals surface area contributed by atoms with E-state index in [1.165, 1.54) is 36.7 Å². The highest BCUT2D eigenvalue weighted by atomic mass is 31.1. The zero-order chi connectivity index (χ0) is 26.5. The van der Waals surface area contributed by atoms with Gasteiger partial charge in [-0.1, -0.05) is 127 Å². The lowest BCUT2D eigenvalue weighted by molar-refractivity contribution is 0.466. The molecule has 0 fully saturated rings. The van der Waals surface area contributed by atoms with Crippen LogP contribution in [0, 0.1) is 0 Å². The van der Waals surface area contributed by atoms with Crippen LogP contribution in [0.3, 0.4) is 0 Å². The van der Waals surface area contributed by atoms with Gasteiger partial charge in [-0.2, -0.15) is 0 Å². The third-order valence-electron chi connectivity index (χ3n) is 7.96. The second-order valence-corrected chi connectivity index (χ2v) is 15.9. The molecule has 2 aliphatic heterocycles. The zero-order valence-corrected chi connectivity index (χ0v) is 23.6. The van der Waals surface area contributed by atoms with E-state index in [9.17, 15) is 0 Å². The van der Waals surface area contributed by atoms with Crippen LogP contribution >= 0.6 is 7.92 Å². The van der Waals surface area contributed by atoms with Crippen LogP contribution < -0.4 is 46.1 Å². The minimum absolute atomic E-state index is 0.879. The Morgan fingerprint density at radius 2 is 0.925 bits per heavy atom. The average molecular weight is 549 g/mol. The monoisotopic (exact) mass is 548 g/mol. The Morgan fingerprint density at radius 3 is 1.52 bits per heavy atom. The molecule has 2 nitrogen and oxygen atoms in total. The van der Waals surface area contributed by atoms with E-state index in [4.69, 9.17) is 9.47 Å². The summed E-state index contributed by atoms with van der Waals surface area (Å²) < 4.78 is 13.7. The van der Waals surface area contributed by atoms with Gasteiger partial charge in [0, 0.05) is 10.5 Å². The van der Waals surface area contributed by atoms with E-state index < -0.39 is 16.0 Å². The number of hydrogen-bond acceptors (Lipinski definition) is 2. The summed E-state index contributed by atoms with van der Waals surface area (Å²) in [6.45, 7) is 0. The summed E-state index contributed by atoms with van der Waals surface area (Å²) >= 11 is 0. The Bertz CT molecular complexity index is 1810. The van der Waals surface area contributed by atoms with E-state index in [-0.39, 0.29) is 0 Å². The third kappa shape index (κ3) is 3.38. The van der Waals surface area contributed by atoms with Gasteiger partial charge >= 0.3 is 0 Å². The van der Waals surface area contributed by atoms with Crippen LogP contribution in [0.15, 0.2) is 152 Å². The van der Waals surface area contributed by atoms with Crippen molar-refractivity contribution in [2.24, 2.45) is 0 Å². The van der Waals surface area contributed by atoms with E-state index in [0.717, 1.165) is 23.0 Å². The van der Waals surface area contributed by atoms with Gasteiger partial charge in [0.15, 0.2) is 8.07 Å². The Balaban J connectivity index is 1.51. The number of rotatable bonds is 4. The van der Waals surface area contributed by atoms with Crippen LogP contribution in [-0.2, 0) is 0 Å². The van der Waals surface area contributed by atoms with Crippen LogP contribution in [0.2, 0.25) is 0 Å². The average Bonchev–Trinajstić information content (AvgIpc) is 3.03. The summed E-state index contributed by atoms with van der Waals surface area (Å²) in [6, 6.07) is 54.4. The van der Waals surface area contributed by atoms with Gasteiger partial charge in [0.05, 0.1) is 0 Å². The SMILES string of the molecule is c1ccc(P(c2ccccc2)c2ccc3c4c2Oc2ccccc2[Si]4(c2ccccc2)c2ccccc2O3)cc1. The molecule has 0 saturated heterocycles. The summed E-state index contributed by atoms with van der Waals surface area (Å²) in [7, 11) is -3.65. The van der Waals surface area contributed by atoms with Crippen molar-refractivity contribution in [3.05, 3.63) is 152 Å². The van der Waals surface area contributed by atoms with Gasteiger partial charge in [0.1, 0.15) is 23.0 Å². The molecule has 1 atom stereocenters.